The van der Waals surface area contributed by atoms with Crippen molar-refractivity contribution >= 4 is 23.2 Å². The van der Waals surface area contributed by atoms with E-state index in [-0.39, 0.29) is 17.2 Å². The van der Waals surface area contributed by atoms with E-state index in [4.69, 9.17) is 0 Å². The van der Waals surface area contributed by atoms with Crippen LogP contribution in [-0.2, 0) is 11.2 Å². The Labute approximate surface area is 164 Å². The molecule has 1 atom stereocenters. The van der Waals surface area contributed by atoms with Gasteiger partial charge in [0.25, 0.3) is 5.91 Å². The van der Waals surface area contributed by atoms with Crippen LogP contribution in [0.1, 0.15) is 35.0 Å². The minimum atomic E-state index is -0.590. The Kier molecular flexibility index (Phi) is 6.63. The zero-order valence-electron chi connectivity index (χ0n) is 15.7. The molecule has 1 aliphatic heterocycles. The SMILES string of the molecule is CC1(CNC(=O)C(Cc2ccccc2)NC(=O)c2cccs2)CCNCC1. The predicted molar refractivity (Wildman–Crippen MR) is 109 cm³/mol. The van der Waals surface area contributed by atoms with Gasteiger partial charge in [0, 0.05) is 13.0 Å². The van der Waals surface area contributed by atoms with Crippen LogP contribution in [0.15, 0.2) is 47.8 Å². The Morgan fingerprint density at radius 3 is 2.56 bits per heavy atom. The van der Waals surface area contributed by atoms with Crippen LogP contribution in [0.4, 0.5) is 0 Å². The largest absolute Gasteiger partial charge is 0.354 e. The number of benzene rings is 1. The summed E-state index contributed by atoms with van der Waals surface area (Å²) in [7, 11) is 0. The summed E-state index contributed by atoms with van der Waals surface area (Å²) in [6.07, 6.45) is 2.55. The average Bonchev–Trinajstić information content (AvgIpc) is 3.22. The molecule has 0 radical (unpaired) electrons. The van der Waals surface area contributed by atoms with Gasteiger partial charge in [0.1, 0.15) is 6.04 Å². The van der Waals surface area contributed by atoms with Crippen LogP contribution in [0.25, 0.3) is 0 Å². The van der Waals surface area contributed by atoms with Crippen LogP contribution in [0.3, 0.4) is 0 Å². The first-order valence-electron chi connectivity index (χ1n) is 9.42. The van der Waals surface area contributed by atoms with Gasteiger partial charge in [-0.15, -0.1) is 11.3 Å². The van der Waals surface area contributed by atoms with Crippen LogP contribution in [-0.4, -0.2) is 37.5 Å². The Bertz CT molecular complexity index is 740. The van der Waals surface area contributed by atoms with Crippen LogP contribution >= 0.6 is 11.3 Å². The number of amides is 2. The highest BCUT2D eigenvalue weighted by molar-refractivity contribution is 7.12. The number of piperidine rings is 1. The van der Waals surface area contributed by atoms with E-state index >= 15 is 0 Å². The molecule has 1 aliphatic rings. The normalized spacial score (nSPS) is 17.1. The number of carbonyl (C=O) groups is 2. The van der Waals surface area contributed by atoms with Gasteiger partial charge in [-0.3, -0.25) is 9.59 Å². The lowest BCUT2D eigenvalue weighted by molar-refractivity contribution is -0.123. The van der Waals surface area contributed by atoms with Crippen LogP contribution in [0.5, 0.6) is 0 Å². The molecule has 144 valence electrons. The molecule has 1 unspecified atom stereocenters. The Balaban J connectivity index is 1.66. The summed E-state index contributed by atoms with van der Waals surface area (Å²) in [6, 6.07) is 12.8. The number of nitrogens with one attached hydrogen (secondary N) is 3. The van der Waals surface area contributed by atoms with Crippen LogP contribution in [0, 0.1) is 5.41 Å². The summed E-state index contributed by atoms with van der Waals surface area (Å²) in [5.74, 6) is -0.322. The van der Waals surface area contributed by atoms with Crippen molar-refractivity contribution in [2.45, 2.75) is 32.2 Å². The fourth-order valence-corrected chi connectivity index (χ4v) is 3.95. The van der Waals surface area contributed by atoms with Gasteiger partial charge in [0.2, 0.25) is 5.91 Å². The number of thiophene rings is 1. The molecule has 0 spiro atoms. The van der Waals surface area contributed by atoms with E-state index in [0.29, 0.717) is 17.8 Å². The molecular formula is C21H27N3O2S. The summed E-state index contributed by atoms with van der Waals surface area (Å²) in [5.41, 5.74) is 1.13. The van der Waals surface area contributed by atoms with Gasteiger partial charge in [-0.1, -0.05) is 43.3 Å². The van der Waals surface area contributed by atoms with E-state index in [2.05, 4.69) is 22.9 Å². The second kappa shape index (κ2) is 9.15. The van der Waals surface area contributed by atoms with Gasteiger partial charge in [-0.05, 0) is 48.4 Å². The maximum Gasteiger partial charge on any atom is 0.262 e. The number of hydrogen-bond donors (Lipinski definition) is 3. The third-order valence-corrected chi connectivity index (χ3v) is 6.02. The second-order valence-corrected chi connectivity index (χ2v) is 8.42. The smallest absolute Gasteiger partial charge is 0.262 e. The molecule has 5 nitrogen and oxygen atoms in total. The fourth-order valence-electron chi connectivity index (χ4n) is 3.33. The molecule has 3 rings (SSSR count). The minimum absolute atomic E-state index is 0.107. The summed E-state index contributed by atoms with van der Waals surface area (Å²) < 4.78 is 0. The Hall–Kier alpha value is -2.18. The molecule has 0 bridgehead atoms. The highest BCUT2D eigenvalue weighted by atomic mass is 32.1. The molecule has 27 heavy (non-hydrogen) atoms. The molecule has 2 amide bonds. The Morgan fingerprint density at radius 1 is 1.15 bits per heavy atom. The summed E-state index contributed by atoms with van der Waals surface area (Å²) in [6.45, 7) is 4.81. The van der Waals surface area contributed by atoms with Crippen molar-refractivity contribution in [1.82, 2.24) is 16.0 Å². The van der Waals surface area contributed by atoms with Crippen molar-refractivity contribution in [3.63, 3.8) is 0 Å². The Morgan fingerprint density at radius 2 is 1.89 bits per heavy atom. The third-order valence-electron chi connectivity index (χ3n) is 5.15. The third kappa shape index (κ3) is 5.65. The minimum Gasteiger partial charge on any atom is -0.354 e. The fraction of sp³-hybridized carbons (Fsp3) is 0.429. The zero-order valence-corrected chi connectivity index (χ0v) is 16.5. The van der Waals surface area contributed by atoms with E-state index < -0.39 is 6.04 Å². The highest BCUT2D eigenvalue weighted by Gasteiger charge is 2.29. The number of hydrogen-bond acceptors (Lipinski definition) is 4. The van der Waals surface area contributed by atoms with Gasteiger partial charge in [-0.25, -0.2) is 0 Å². The molecular weight excluding hydrogens is 358 g/mol. The first kappa shape index (κ1) is 19.6. The van der Waals surface area contributed by atoms with Crippen molar-refractivity contribution in [1.29, 1.82) is 0 Å². The molecule has 2 heterocycles. The molecule has 1 fully saturated rings. The maximum atomic E-state index is 12.9. The molecule has 6 heteroatoms. The lowest BCUT2D eigenvalue weighted by atomic mass is 9.81. The van der Waals surface area contributed by atoms with Crippen molar-refractivity contribution < 1.29 is 9.59 Å². The van der Waals surface area contributed by atoms with E-state index in [1.54, 1.807) is 6.07 Å². The molecule has 1 aromatic carbocycles. The van der Waals surface area contributed by atoms with Gasteiger partial charge in [0.15, 0.2) is 0 Å². The molecule has 2 aromatic rings. The van der Waals surface area contributed by atoms with E-state index in [9.17, 15) is 9.59 Å². The summed E-state index contributed by atoms with van der Waals surface area (Å²) in [4.78, 5) is 26.0. The van der Waals surface area contributed by atoms with Crippen LogP contribution in [0.2, 0.25) is 0 Å². The summed E-state index contributed by atoms with van der Waals surface area (Å²) >= 11 is 1.38. The molecule has 0 aliphatic carbocycles. The lowest BCUT2D eigenvalue weighted by Gasteiger charge is -2.34. The molecule has 1 saturated heterocycles. The average molecular weight is 386 g/mol. The quantitative estimate of drug-likeness (QED) is 0.686. The lowest BCUT2D eigenvalue weighted by Crippen LogP contribution is -2.51. The summed E-state index contributed by atoms with van der Waals surface area (Å²) in [5, 5.41) is 11.2. The number of carbonyl (C=O) groups excluding carboxylic acids is 2. The van der Waals surface area contributed by atoms with Crippen molar-refractivity contribution in [2.24, 2.45) is 5.41 Å². The van der Waals surface area contributed by atoms with Crippen molar-refractivity contribution in [3.05, 3.63) is 58.3 Å². The molecule has 1 aromatic heterocycles. The standard InChI is InChI=1S/C21H27N3O2S/c1-21(9-11-22-12-10-21)15-23-19(25)17(14-16-6-3-2-4-7-16)24-20(26)18-8-5-13-27-18/h2-8,13,17,22H,9-12,14-15H2,1H3,(H,23,25)(H,24,26). The van der Waals surface area contributed by atoms with Gasteiger partial charge in [0.05, 0.1) is 4.88 Å². The second-order valence-electron chi connectivity index (χ2n) is 7.47. The zero-order chi connectivity index (χ0) is 19.1. The topological polar surface area (TPSA) is 70.2 Å². The molecule has 0 saturated carbocycles. The van der Waals surface area contributed by atoms with Crippen LogP contribution < -0.4 is 16.0 Å². The molecule has 3 N–H and O–H groups in total. The predicted octanol–water partition coefficient (Wildman–Crippen LogP) is 2.60. The van der Waals surface area contributed by atoms with E-state index in [0.717, 1.165) is 31.5 Å². The van der Waals surface area contributed by atoms with Crippen molar-refractivity contribution in [3.8, 4) is 0 Å². The first-order valence-corrected chi connectivity index (χ1v) is 10.3. The van der Waals surface area contributed by atoms with Crippen molar-refractivity contribution in [2.75, 3.05) is 19.6 Å². The maximum absolute atomic E-state index is 12.9. The highest BCUT2D eigenvalue weighted by Crippen LogP contribution is 2.26. The van der Waals surface area contributed by atoms with Gasteiger partial charge in [-0.2, -0.15) is 0 Å². The van der Waals surface area contributed by atoms with Gasteiger partial charge < -0.3 is 16.0 Å². The van der Waals surface area contributed by atoms with Gasteiger partial charge >= 0.3 is 0 Å². The monoisotopic (exact) mass is 385 g/mol. The number of rotatable bonds is 7. The van der Waals surface area contributed by atoms with E-state index in [1.807, 2.05) is 41.8 Å². The first-order chi connectivity index (χ1) is 13.1. The van der Waals surface area contributed by atoms with E-state index in [1.165, 1.54) is 11.3 Å².